The predicted octanol–water partition coefficient (Wildman–Crippen LogP) is 4.28. The molecule has 8 saturated carbocycles. The van der Waals surface area contributed by atoms with Crippen LogP contribution < -0.4 is 0 Å². The van der Waals surface area contributed by atoms with Crippen LogP contribution in [0.25, 0.3) is 0 Å². The van der Waals surface area contributed by atoms with Crippen molar-refractivity contribution in [2.24, 2.45) is 23.7 Å². The highest BCUT2D eigenvalue weighted by atomic mass is 16.6. The Hall–Kier alpha value is -0.240. The third-order valence-electron chi connectivity index (χ3n) is 10.5. The van der Waals surface area contributed by atoms with Gasteiger partial charge in [0.25, 0.3) is 0 Å². The van der Waals surface area contributed by atoms with Gasteiger partial charge in [-0.2, -0.15) is 0 Å². The van der Waals surface area contributed by atoms with E-state index in [0.29, 0.717) is 52.9 Å². The molecule has 1 aliphatic heterocycles. The molecular weight excluding hydrogens is 432 g/mol. The molecule has 9 aliphatic rings. The summed E-state index contributed by atoms with van der Waals surface area (Å²) in [5.41, 5.74) is 0.0277. The predicted molar refractivity (Wildman–Crippen MR) is 126 cm³/mol. The fraction of sp³-hybridized carbons (Fsp3) is 1.00. The van der Waals surface area contributed by atoms with Gasteiger partial charge in [-0.25, -0.2) is 0 Å². The van der Waals surface area contributed by atoms with Crippen molar-refractivity contribution in [1.29, 1.82) is 0 Å². The van der Waals surface area contributed by atoms with E-state index in [1.165, 1.54) is 64.2 Å². The molecule has 8 aliphatic carbocycles. The van der Waals surface area contributed by atoms with Gasteiger partial charge >= 0.3 is 0 Å². The van der Waals surface area contributed by atoms with Crippen molar-refractivity contribution in [3.8, 4) is 0 Å². The lowest BCUT2D eigenvalue weighted by Gasteiger charge is -2.61. The van der Waals surface area contributed by atoms with E-state index in [-0.39, 0.29) is 22.4 Å². The van der Waals surface area contributed by atoms with E-state index in [1.807, 2.05) is 0 Å². The molecule has 0 radical (unpaired) electrons. The van der Waals surface area contributed by atoms with Crippen LogP contribution in [0.5, 0.6) is 0 Å². The molecular formula is C28H44O6. The van der Waals surface area contributed by atoms with Crippen molar-refractivity contribution in [2.75, 3.05) is 52.9 Å². The van der Waals surface area contributed by atoms with E-state index in [1.54, 1.807) is 0 Å². The number of rotatable bonds is 0. The number of hydrogen-bond donors (Lipinski definition) is 0. The summed E-state index contributed by atoms with van der Waals surface area (Å²) >= 11 is 0. The van der Waals surface area contributed by atoms with Gasteiger partial charge in [-0.1, -0.05) is 0 Å². The highest BCUT2D eigenvalue weighted by Gasteiger charge is 2.60. The van der Waals surface area contributed by atoms with Crippen LogP contribution in [0.3, 0.4) is 0 Å². The summed E-state index contributed by atoms with van der Waals surface area (Å²) in [7, 11) is 0. The Morgan fingerprint density at radius 1 is 0.353 bits per heavy atom. The van der Waals surface area contributed by atoms with E-state index < -0.39 is 0 Å². The van der Waals surface area contributed by atoms with Crippen molar-refractivity contribution in [2.45, 2.75) is 99.5 Å². The van der Waals surface area contributed by atoms with Gasteiger partial charge in [0.2, 0.25) is 0 Å². The Bertz CT molecular complexity index is 611. The minimum atomic E-state index is 0.00693. The molecule has 8 bridgehead atoms. The van der Waals surface area contributed by atoms with Crippen molar-refractivity contribution in [1.82, 2.24) is 0 Å². The maximum absolute atomic E-state index is 6.60. The first kappa shape index (κ1) is 22.9. The zero-order chi connectivity index (χ0) is 22.7. The van der Waals surface area contributed by atoms with E-state index in [2.05, 4.69) is 0 Å². The third kappa shape index (κ3) is 4.28. The molecule has 9 rings (SSSR count). The lowest BCUT2D eigenvalue weighted by atomic mass is 9.52. The van der Waals surface area contributed by atoms with Gasteiger partial charge in [0.15, 0.2) is 0 Å². The van der Waals surface area contributed by atoms with Gasteiger partial charge in [0.1, 0.15) is 0 Å². The van der Waals surface area contributed by atoms with Crippen LogP contribution in [-0.4, -0.2) is 75.3 Å². The first-order chi connectivity index (χ1) is 16.6. The standard InChI is InChI=1S/C28H44O6/c1-5-31-25-11-21-9-22(12-25)14-26(13-21,19-25)33-7-3-30-4-8-34-28-17-23-10-24(18-28)16-27(15-23,20-28)32-6-2-29-1/h21-24H,1-20H2. The minimum Gasteiger partial charge on any atom is -0.377 e. The summed E-state index contributed by atoms with van der Waals surface area (Å²) in [4.78, 5) is 0. The third-order valence-corrected chi connectivity index (χ3v) is 10.5. The normalized spacial score (nSPS) is 53.6. The molecule has 0 atom stereocenters. The SMILES string of the molecule is C1COC23CC4CC(C2)CC(C4)(C3)OCCOCCOC23CC4CC(CC(C4)(C2)OCCO1)C3. The summed E-state index contributed by atoms with van der Waals surface area (Å²) < 4.78 is 38.4. The summed E-state index contributed by atoms with van der Waals surface area (Å²) in [6, 6.07) is 0. The lowest BCUT2D eigenvalue weighted by molar-refractivity contribution is -0.249. The molecule has 0 aromatic rings. The highest BCUT2D eigenvalue weighted by molar-refractivity contribution is 5.12. The maximum atomic E-state index is 6.60. The zero-order valence-corrected chi connectivity index (χ0v) is 20.9. The Kier molecular flexibility index (Phi) is 5.84. The second kappa shape index (κ2) is 8.66. The smallest absolute Gasteiger partial charge is 0.0716 e. The van der Waals surface area contributed by atoms with Crippen molar-refractivity contribution in [3.63, 3.8) is 0 Å². The topological polar surface area (TPSA) is 55.4 Å². The van der Waals surface area contributed by atoms with E-state index in [4.69, 9.17) is 28.4 Å². The molecule has 1 heterocycles. The average Bonchev–Trinajstić information content (AvgIpc) is 2.75. The van der Waals surface area contributed by atoms with Crippen LogP contribution in [0.2, 0.25) is 0 Å². The lowest BCUT2D eigenvalue weighted by Crippen LogP contribution is -2.61. The Balaban J connectivity index is 1.01. The summed E-state index contributed by atoms with van der Waals surface area (Å²) in [5.74, 6) is 3.02. The van der Waals surface area contributed by atoms with Crippen LogP contribution in [0.4, 0.5) is 0 Å². The molecule has 0 N–H and O–H groups in total. The first-order valence-electron chi connectivity index (χ1n) is 14.3. The average molecular weight is 477 g/mol. The van der Waals surface area contributed by atoms with Gasteiger partial charge in [0, 0.05) is 12.8 Å². The minimum absolute atomic E-state index is 0.00693. The second-order valence-corrected chi connectivity index (χ2v) is 13.3. The van der Waals surface area contributed by atoms with Crippen molar-refractivity contribution in [3.05, 3.63) is 0 Å². The fourth-order valence-electron chi connectivity index (χ4n) is 10.3. The van der Waals surface area contributed by atoms with Gasteiger partial charge < -0.3 is 28.4 Å². The molecule has 0 aromatic carbocycles. The van der Waals surface area contributed by atoms with E-state index >= 15 is 0 Å². The second-order valence-electron chi connectivity index (χ2n) is 13.3. The van der Waals surface area contributed by atoms with E-state index in [0.717, 1.165) is 36.5 Å². The monoisotopic (exact) mass is 476 g/mol. The van der Waals surface area contributed by atoms with Gasteiger partial charge in [-0.05, 0) is 87.9 Å². The molecule has 34 heavy (non-hydrogen) atoms. The van der Waals surface area contributed by atoms with Crippen LogP contribution in [0.1, 0.15) is 77.0 Å². The van der Waals surface area contributed by atoms with E-state index in [9.17, 15) is 0 Å². The molecule has 1 saturated heterocycles. The van der Waals surface area contributed by atoms with Crippen LogP contribution >= 0.6 is 0 Å². The van der Waals surface area contributed by atoms with Crippen molar-refractivity contribution >= 4 is 0 Å². The molecule has 192 valence electrons. The number of hydrogen-bond acceptors (Lipinski definition) is 6. The van der Waals surface area contributed by atoms with Crippen molar-refractivity contribution < 1.29 is 28.4 Å². The Morgan fingerprint density at radius 3 is 0.882 bits per heavy atom. The molecule has 6 nitrogen and oxygen atoms in total. The van der Waals surface area contributed by atoms with Gasteiger partial charge in [-0.3, -0.25) is 0 Å². The molecule has 0 unspecified atom stereocenters. The summed E-state index contributed by atoms with van der Waals surface area (Å²) in [6.07, 6.45) is 14.5. The maximum Gasteiger partial charge on any atom is 0.0716 e. The Morgan fingerprint density at radius 2 is 0.618 bits per heavy atom. The largest absolute Gasteiger partial charge is 0.377 e. The first-order valence-corrected chi connectivity index (χ1v) is 14.3. The van der Waals surface area contributed by atoms with Gasteiger partial charge in [-0.15, -0.1) is 0 Å². The highest BCUT2D eigenvalue weighted by Crippen LogP contribution is 2.61. The molecule has 0 aromatic heterocycles. The summed E-state index contributed by atoms with van der Waals surface area (Å²) in [5, 5.41) is 0. The van der Waals surface area contributed by atoms with Crippen LogP contribution in [0, 0.1) is 23.7 Å². The zero-order valence-electron chi connectivity index (χ0n) is 20.9. The summed E-state index contributed by atoms with van der Waals surface area (Å²) in [6.45, 7) is 5.38. The number of ether oxygens (including phenoxy) is 6. The van der Waals surface area contributed by atoms with Crippen LogP contribution in [-0.2, 0) is 28.4 Å². The van der Waals surface area contributed by atoms with Gasteiger partial charge in [0.05, 0.1) is 75.3 Å². The molecule has 6 heteroatoms. The molecule has 4 spiro atoms. The Labute approximate surface area is 204 Å². The van der Waals surface area contributed by atoms with Crippen LogP contribution in [0.15, 0.2) is 0 Å². The molecule has 0 amide bonds. The quantitative estimate of drug-likeness (QED) is 0.520. The molecule has 9 fully saturated rings. The fourth-order valence-corrected chi connectivity index (χ4v) is 10.3.